The van der Waals surface area contributed by atoms with Gasteiger partial charge < -0.3 is 9.47 Å². The van der Waals surface area contributed by atoms with E-state index in [2.05, 4.69) is 9.78 Å². The lowest BCUT2D eigenvalue weighted by atomic mass is 9.97. The van der Waals surface area contributed by atoms with Crippen molar-refractivity contribution in [1.29, 1.82) is 0 Å². The van der Waals surface area contributed by atoms with Gasteiger partial charge in [0.1, 0.15) is 11.2 Å². The Morgan fingerprint density at radius 1 is 0.607 bits per heavy atom. The molecule has 2 N–H and O–H groups in total. The molecule has 0 atom stereocenters. The van der Waals surface area contributed by atoms with Crippen LogP contribution in [-0.4, -0.2) is 23.7 Å². The smallest absolute Gasteiger partial charge is 0.123 e. The molecular weight excluding hydrogens is 360 g/mol. The fourth-order valence-electron chi connectivity index (χ4n) is 2.61. The number of hydrogen-bond acceptors (Lipinski definition) is 6. The van der Waals surface area contributed by atoms with Gasteiger partial charge in [0.15, 0.2) is 0 Å². The van der Waals surface area contributed by atoms with Crippen LogP contribution in [0.25, 0.3) is 0 Å². The van der Waals surface area contributed by atoms with Crippen LogP contribution < -0.4 is 0 Å². The summed E-state index contributed by atoms with van der Waals surface area (Å²) in [4.78, 5) is 8.98. The molecule has 0 bridgehead atoms. The fourth-order valence-corrected chi connectivity index (χ4v) is 2.61. The molecule has 0 aliphatic carbocycles. The Balaban J connectivity index is 1.67. The normalized spacial score (nSPS) is 12.4. The largest absolute Gasteiger partial charge is 0.374 e. The Hall–Kier alpha value is -1.80. The average molecular weight is 390 g/mol. The van der Waals surface area contributed by atoms with Gasteiger partial charge in [-0.3, -0.25) is 10.5 Å². The van der Waals surface area contributed by atoms with E-state index in [4.69, 9.17) is 20.0 Å². The molecule has 0 aliphatic rings. The van der Waals surface area contributed by atoms with Gasteiger partial charge in [-0.15, -0.1) is 0 Å². The predicted octanol–water partition coefficient (Wildman–Crippen LogP) is 4.87. The maximum Gasteiger partial charge on any atom is 0.123 e. The zero-order chi connectivity index (χ0) is 20.6. The molecule has 2 rings (SSSR count). The molecule has 0 amide bonds. The molecule has 0 aliphatic heterocycles. The van der Waals surface area contributed by atoms with Gasteiger partial charge in [-0.25, -0.2) is 9.78 Å². The lowest BCUT2D eigenvalue weighted by Crippen LogP contribution is -2.19. The Bertz CT molecular complexity index is 643. The summed E-state index contributed by atoms with van der Waals surface area (Å²) >= 11 is 0. The number of ether oxygens (including phenoxy) is 2. The molecule has 0 spiro atoms. The van der Waals surface area contributed by atoms with Crippen LogP contribution >= 0.6 is 0 Å². The summed E-state index contributed by atoms with van der Waals surface area (Å²) in [6, 6.07) is 15.5. The Morgan fingerprint density at radius 3 is 1.21 bits per heavy atom. The third kappa shape index (κ3) is 6.38. The van der Waals surface area contributed by atoms with E-state index in [9.17, 15) is 0 Å². The van der Waals surface area contributed by atoms with Gasteiger partial charge in [0.05, 0.1) is 26.4 Å². The van der Waals surface area contributed by atoms with E-state index in [1.807, 2.05) is 48.5 Å². The van der Waals surface area contributed by atoms with Gasteiger partial charge in [-0.2, -0.15) is 0 Å². The molecule has 0 heterocycles. The highest BCUT2D eigenvalue weighted by molar-refractivity contribution is 5.27. The van der Waals surface area contributed by atoms with E-state index in [1.165, 1.54) is 0 Å². The minimum Gasteiger partial charge on any atom is -0.374 e. The van der Waals surface area contributed by atoms with Crippen molar-refractivity contribution in [3.8, 4) is 0 Å². The number of rotatable bonds is 11. The molecule has 0 saturated carbocycles. The first-order chi connectivity index (χ1) is 13.3. The highest BCUT2D eigenvalue weighted by Gasteiger charge is 2.21. The molecular formula is C22H30O6. The SMILES string of the molecule is CC(C)(OO)c1ccc(COCCOCc2ccc(C(C)(C)OO)cc2)cc1. The van der Waals surface area contributed by atoms with E-state index in [1.54, 1.807) is 27.7 Å². The molecule has 0 aromatic heterocycles. The minimum atomic E-state index is -0.730. The Labute approximate surface area is 166 Å². The van der Waals surface area contributed by atoms with Crippen LogP contribution in [-0.2, 0) is 43.7 Å². The quantitative estimate of drug-likeness (QED) is 0.324. The highest BCUT2D eigenvalue weighted by Crippen LogP contribution is 2.24. The van der Waals surface area contributed by atoms with Crippen molar-refractivity contribution in [2.24, 2.45) is 0 Å². The number of hydrogen-bond donors (Lipinski definition) is 2. The van der Waals surface area contributed by atoms with Gasteiger partial charge >= 0.3 is 0 Å². The third-order valence-corrected chi connectivity index (χ3v) is 4.66. The topological polar surface area (TPSA) is 77.4 Å². The van der Waals surface area contributed by atoms with Crippen LogP contribution in [0.2, 0.25) is 0 Å². The van der Waals surface area contributed by atoms with E-state index >= 15 is 0 Å². The molecule has 28 heavy (non-hydrogen) atoms. The second-order valence-electron chi connectivity index (χ2n) is 7.70. The Morgan fingerprint density at radius 2 is 0.929 bits per heavy atom. The minimum absolute atomic E-state index is 0.495. The second-order valence-corrected chi connectivity index (χ2v) is 7.70. The summed E-state index contributed by atoms with van der Waals surface area (Å²) < 4.78 is 11.3. The summed E-state index contributed by atoms with van der Waals surface area (Å²) in [5.74, 6) is 0. The van der Waals surface area contributed by atoms with E-state index < -0.39 is 11.2 Å². The van der Waals surface area contributed by atoms with Crippen LogP contribution in [0.15, 0.2) is 48.5 Å². The van der Waals surface area contributed by atoms with Crippen molar-refractivity contribution in [2.75, 3.05) is 13.2 Å². The van der Waals surface area contributed by atoms with Crippen molar-refractivity contribution >= 4 is 0 Å². The van der Waals surface area contributed by atoms with E-state index in [-0.39, 0.29) is 0 Å². The molecule has 2 aromatic carbocycles. The lowest BCUT2D eigenvalue weighted by Gasteiger charge is -2.21. The van der Waals surface area contributed by atoms with Gasteiger partial charge in [0.2, 0.25) is 0 Å². The van der Waals surface area contributed by atoms with Crippen LogP contribution in [0.4, 0.5) is 0 Å². The molecule has 0 fully saturated rings. The highest BCUT2D eigenvalue weighted by atomic mass is 17.1. The maximum atomic E-state index is 8.93. The van der Waals surface area contributed by atoms with E-state index in [0.717, 1.165) is 22.3 Å². The molecule has 6 heteroatoms. The first-order valence-electron chi connectivity index (χ1n) is 9.28. The van der Waals surface area contributed by atoms with Crippen molar-refractivity contribution < 1.29 is 29.8 Å². The van der Waals surface area contributed by atoms with E-state index in [0.29, 0.717) is 26.4 Å². The van der Waals surface area contributed by atoms with Crippen molar-refractivity contribution in [3.63, 3.8) is 0 Å². The van der Waals surface area contributed by atoms with Crippen molar-refractivity contribution in [1.82, 2.24) is 0 Å². The summed E-state index contributed by atoms with van der Waals surface area (Å²) in [5.41, 5.74) is 2.41. The number of benzene rings is 2. The third-order valence-electron chi connectivity index (χ3n) is 4.66. The van der Waals surface area contributed by atoms with Gasteiger partial charge in [-0.1, -0.05) is 48.5 Å². The monoisotopic (exact) mass is 390 g/mol. The van der Waals surface area contributed by atoms with Gasteiger partial charge in [0.25, 0.3) is 0 Å². The lowest BCUT2D eigenvalue weighted by molar-refractivity contribution is -0.318. The average Bonchev–Trinajstić information content (AvgIpc) is 2.71. The first kappa shape index (κ1) is 22.5. The van der Waals surface area contributed by atoms with Crippen LogP contribution in [0.5, 0.6) is 0 Å². The second kappa shape index (κ2) is 10.1. The molecule has 0 radical (unpaired) electrons. The molecule has 0 saturated heterocycles. The summed E-state index contributed by atoms with van der Waals surface area (Å²) in [6.45, 7) is 9.17. The molecule has 6 nitrogen and oxygen atoms in total. The fraction of sp³-hybridized carbons (Fsp3) is 0.455. The Kier molecular flexibility index (Phi) is 8.12. The van der Waals surface area contributed by atoms with Gasteiger partial charge in [-0.05, 0) is 49.9 Å². The van der Waals surface area contributed by atoms with Crippen LogP contribution in [0.1, 0.15) is 49.9 Å². The van der Waals surface area contributed by atoms with Crippen LogP contribution in [0, 0.1) is 0 Å². The first-order valence-corrected chi connectivity index (χ1v) is 9.28. The summed E-state index contributed by atoms with van der Waals surface area (Å²) in [5, 5.41) is 17.9. The van der Waals surface area contributed by atoms with Crippen LogP contribution in [0.3, 0.4) is 0 Å². The summed E-state index contributed by atoms with van der Waals surface area (Å²) in [6.07, 6.45) is 0. The zero-order valence-electron chi connectivity index (χ0n) is 17.0. The molecule has 0 unspecified atom stereocenters. The van der Waals surface area contributed by atoms with Crippen molar-refractivity contribution in [3.05, 3.63) is 70.8 Å². The maximum absolute atomic E-state index is 8.93. The molecule has 2 aromatic rings. The van der Waals surface area contributed by atoms with Crippen molar-refractivity contribution in [2.45, 2.75) is 52.1 Å². The van der Waals surface area contributed by atoms with Gasteiger partial charge in [0, 0.05) is 0 Å². The predicted molar refractivity (Wildman–Crippen MR) is 106 cm³/mol. The summed E-state index contributed by atoms with van der Waals surface area (Å²) in [7, 11) is 0. The zero-order valence-corrected chi connectivity index (χ0v) is 17.0. The molecule has 154 valence electrons. The standard InChI is InChI=1S/C22H30O6/c1-21(2,27-23)19-9-5-17(6-10-19)15-25-13-14-26-16-18-7-11-20(12-8-18)22(3,4)28-24/h5-12,23-24H,13-16H2,1-4H3.